The Bertz CT molecular complexity index is 1610. The maximum Gasteiger partial charge on any atom is 0.161 e. The molecule has 0 radical (unpaired) electrons. The van der Waals surface area contributed by atoms with E-state index in [4.69, 9.17) is 38.3 Å². The van der Waals surface area contributed by atoms with Crippen LogP contribution in [0, 0.1) is 13.7 Å². The summed E-state index contributed by atoms with van der Waals surface area (Å²) < 4.78 is 184. The van der Waals surface area contributed by atoms with E-state index >= 15 is 0 Å². The Balaban J connectivity index is 2.21. The minimum Gasteiger partial charge on any atom is -0.493 e. The molecule has 2 aromatic rings. The second-order valence-electron chi connectivity index (χ2n) is 5.98. The molecule has 1 N–H and O–H groups in total. The van der Waals surface area contributed by atoms with E-state index in [1.807, 2.05) is 0 Å². The van der Waals surface area contributed by atoms with Gasteiger partial charge in [-0.05, 0) is 42.5 Å². The van der Waals surface area contributed by atoms with Gasteiger partial charge in [0.25, 0.3) is 0 Å². The number of carbonyl (C=O) groups excluding carboxylic acids is 1. The van der Waals surface area contributed by atoms with Crippen LogP contribution in [0.2, 0.25) is 0 Å². The first-order valence-electron chi connectivity index (χ1n) is 19.3. The molecule has 168 valence electrons. The Morgan fingerprint density at radius 3 is 2.42 bits per heavy atom. The molecule has 1 aliphatic rings. The Hall–Kier alpha value is -2.41. The third-order valence-corrected chi connectivity index (χ3v) is 3.84. The summed E-state index contributed by atoms with van der Waals surface area (Å²) in [5, 5.41) is 11.1. The zero-order valence-corrected chi connectivity index (χ0v) is 16.3. The molecule has 6 nitrogen and oxygen atoms in total. The fourth-order valence-corrected chi connectivity index (χ4v) is 2.40. The van der Waals surface area contributed by atoms with E-state index < -0.39 is 110 Å². The summed E-state index contributed by atoms with van der Waals surface area (Å²) in [6.07, 6.45) is -5.95. The van der Waals surface area contributed by atoms with Gasteiger partial charge in [0.05, 0.1) is 20.5 Å². The maximum absolute atomic E-state index is 13.7. The Kier molecular flexibility index (Phi) is 2.97. The van der Waals surface area contributed by atoms with Gasteiger partial charge in [-0.25, -0.2) is 0 Å². The number of ketones is 1. The first-order chi connectivity index (χ1) is 23.0. The highest BCUT2D eigenvalue weighted by molar-refractivity contribution is 5.83. The fourth-order valence-electron chi connectivity index (χ4n) is 2.40. The highest BCUT2D eigenvalue weighted by Crippen LogP contribution is 2.25. The van der Waals surface area contributed by atoms with Crippen LogP contribution < -0.4 is 9.47 Å². The van der Waals surface area contributed by atoms with Gasteiger partial charge < -0.3 is 14.6 Å². The number of ether oxygens (including phenoxy) is 2. The second kappa shape index (κ2) is 11.3. The summed E-state index contributed by atoms with van der Waals surface area (Å²) in [7, 11) is 1.12. The van der Waals surface area contributed by atoms with E-state index in [1.165, 1.54) is 18.2 Å². The molecule has 0 bridgehead atoms. The topological polar surface area (TPSA) is 62.2 Å². The number of benzene rings is 2. The average molecular weight is 448 g/mol. The summed E-state index contributed by atoms with van der Waals surface area (Å²) in [6.45, 7) is -36.5. The fraction of sp³-hybridized carbons (Fsp3) is 0.480. The summed E-state index contributed by atoms with van der Waals surface area (Å²) in [6, 6.07) is 7.85. The molecule has 3 rings (SSSR count). The number of piperazine rings is 1. The molecule has 2 aromatic carbocycles. The molecule has 1 unspecified atom stereocenters. The van der Waals surface area contributed by atoms with Crippen molar-refractivity contribution in [2.24, 2.45) is 0 Å². The Morgan fingerprint density at radius 2 is 1.77 bits per heavy atom. The summed E-state index contributed by atoms with van der Waals surface area (Å²) >= 11 is 0. The van der Waals surface area contributed by atoms with Crippen molar-refractivity contribution in [3.8, 4) is 11.5 Å². The molecule has 1 atom stereocenters. The normalized spacial score (nSPS) is 35.9. The number of nitrogens with zero attached hydrogens (tertiary/aromatic N) is 2. The summed E-state index contributed by atoms with van der Waals surface area (Å²) in [5.41, 5.74) is -2.24. The number of hydrogen-bond donors (Lipinski definition) is 1. The standard InChI is InChI=1S/C25H34N2O4/c1-19-7-6-8-20(2)23(19)15-21(28)16-26-11-13-27(14-12-26)17-22(29)18-31-25-10-5-4-9-24(25)30-3/h4-10,22,29H,11-18H2,1-3H3/i1D3,2D3,11D2,12D2,13D2,14D2,16D2,17D2,18D2,22D. The zero-order valence-electron chi connectivity index (χ0n) is 37.3. The predicted molar refractivity (Wildman–Crippen MR) is 122 cm³/mol. The molecular formula is C25H34N2O4. The van der Waals surface area contributed by atoms with E-state index in [9.17, 15) is 9.90 Å². The van der Waals surface area contributed by atoms with E-state index in [0.717, 1.165) is 31.4 Å². The molecule has 0 amide bonds. The van der Waals surface area contributed by atoms with Crippen molar-refractivity contribution in [1.82, 2.24) is 9.80 Å². The third kappa shape index (κ3) is 6.79. The van der Waals surface area contributed by atoms with Crippen LogP contribution in [0.1, 0.15) is 45.5 Å². The molecule has 1 saturated heterocycles. The van der Waals surface area contributed by atoms with Crippen molar-refractivity contribution in [2.45, 2.75) is 26.2 Å². The van der Waals surface area contributed by atoms with E-state index in [-0.39, 0.29) is 5.75 Å². The highest BCUT2D eigenvalue weighted by atomic mass is 16.5. The zero-order chi connectivity index (χ0) is 40.7. The molecule has 31 heavy (non-hydrogen) atoms. The molecule has 1 fully saturated rings. The van der Waals surface area contributed by atoms with Crippen molar-refractivity contribution >= 4 is 5.78 Å². The maximum atomic E-state index is 13.7. The van der Waals surface area contributed by atoms with Gasteiger partial charge in [-0.3, -0.25) is 14.6 Å². The minimum atomic E-state index is -4.53. The van der Waals surface area contributed by atoms with E-state index in [1.54, 1.807) is 0 Å². The first kappa shape index (κ1) is 8.18. The minimum absolute atomic E-state index is 0.200. The van der Waals surface area contributed by atoms with Gasteiger partial charge in [0.1, 0.15) is 12.6 Å². The van der Waals surface area contributed by atoms with Crippen LogP contribution in [0.15, 0.2) is 42.5 Å². The molecule has 6 heteroatoms. The number of Topliss-reactive ketones (excluding diaryl/α,β-unsaturated/α-hetero) is 1. The predicted octanol–water partition coefficient (Wildman–Crippen LogP) is 2.48. The van der Waals surface area contributed by atoms with Gasteiger partial charge in [-0.1, -0.05) is 30.3 Å². The Morgan fingerprint density at radius 1 is 1.13 bits per heavy atom. The molecule has 0 aliphatic carbocycles. The van der Waals surface area contributed by atoms with Crippen molar-refractivity contribution in [3.63, 3.8) is 0 Å². The largest absolute Gasteiger partial charge is 0.493 e. The summed E-state index contributed by atoms with van der Waals surface area (Å²) in [4.78, 5) is 11.9. The van der Waals surface area contributed by atoms with Crippen LogP contribution in [0.4, 0.5) is 0 Å². The Labute approximate surface area is 214 Å². The molecule has 1 heterocycles. The number of rotatable bonds is 10. The van der Waals surface area contributed by atoms with Crippen LogP contribution >= 0.6 is 0 Å². The van der Waals surface area contributed by atoms with Crippen molar-refractivity contribution in [1.29, 1.82) is 0 Å². The third-order valence-electron chi connectivity index (χ3n) is 3.84. The molecular weight excluding hydrogens is 392 g/mol. The van der Waals surface area contributed by atoms with Crippen LogP contribution in [0.3, 0.4) is 0 Å². The highest BCUT2D eigenvalue weighted by Gasteiger charge is 2.21. The quantitative estimate of drug-likeness (QED) is 0.604. The van der Waals surface area contributed by atoms with Gasteiger partial charge in [0.2, 0.25) is 0 Å². The lowest BCUT2D eigenvalue weighted by Gasteiger charge is -2.35. The SMILES string of the molecule is [2H]C([2H])([2H])c1cccc(C([2H])([2H])[2H])c1CC(=O)C([2H])([2H])N1C([2H])([2H])C([2H])([2H])N(C([2H])([2H])C([2H])(O)C([2H])([2H])Oc2ccccc2OC)C([2H])([2H])C1([2H])[2H]. The number of carbonyl (C=O) groups is 1. The van der Waals surface area contributed by atoms with Crippen LogP contribution in [-0.2, 0) is 11.2 Å². The van der Waals surface area contributed by atoms with Gasteiger partial charge >= 0.3 is 0 Å². The number of β-amino-alcohol motifs (C(OH)–C–C–N with tert-alkyl or cyclic N) is 1. The molecule has 0 aromatic heterocycles. The smallest absolute Gasteiger partial charge is 0.161 e. The lowest BCUT2D eigenvalue weighted by atomic mass is 9.98. The number of hydrogen-bond acceptors (Lipinski definition) is 6. The van der Waals surface area contributed by atoms with Gasteiger partial charge in [0, 0.05) is 60.8 Å². The van der Waals surface area contributed by atoms with Crippen molar-refractivity contribution < 1.29 is 48.2 Å². The van der Waals surface area contributed by atoms with Crippen LogP contribution in [0.5, 0.6) is 11.5 Å². The van der Waals surface area contributed by atoms with Crippen molar-refractivity contribution in [2.75, 3.05) is 52.6 Å². The van der Waals surface area contributed by atoms with Gasteiger partial charge in [-0.15, -0.1) is 0 Å². The first-order valence-corrected chi connectivity index (χ1v) is 8.82. The number of aryl methyl sites for hydroxylation is 2. The number of para-hydroxylation sites is 2. The lowest BCUT2D eigenvalue weighted by Crippen LogP contribution is -2.50. The lowest BCUT2D eigenvalue weighted by molar-refractivity contribution is -0.120. The van der Waals surface area contributed by atoms with Gasteiger partial charge in [0.15, 0.2) is 17.3 Å². The van der Waals surface area contributed by atoms with E-state index in [0.29, 0.717) is 0 Å². The average Bonchev–Trinajstić information content (AvgIpc) is 2.94. The van der Waals surface area contributed by atoms with E-state index in [2.05, 4.69) is 0 Å². The number of methoxy groups -OCH3 is 1. The molecule has 1 aliphatic heterocycles. The monoisotopic (exact) mass is 447 g/mol. The second-order valence-corrected chi connectivity index (χ2v) is 5.98. The molecule has 0 spiro atoms. The van der Waals surface area contributed by atoms with Crippen LogP contribution in [0.25, 0.3) is 0 Å². The summed E-state index contributed by atoms with van der Waals surface area (Å²) in [5.74, 6) is -2.70. The van der Waals surface area contributed by atoms with Crippen molar-refractivity contribution in [3.05, 3.63) is 59.2 Å². The van der Waals surface area contributed by atoms with Gasteiger partial charge in [-0.2, -0.15) is 0 Å². The molecule has 0 saturated carbocycles. The number of aliphatic hydroxyl groups is 1. The van der Waals surface area contributed by atoms with Crippen LogP contribution in [-0.4, -0.2) is 79.4 Å².